The second-order valence-electron chi connectivity index (χ2n) is 7.60. The fourth-order valence-electron chi connectivity index (χ4n) is 3.46. The average molecular weight is 437 g/mol. The predicted molar refractivity (Wildman–Crippen MR) is 131 cm³/mol. The van der Waals surface area contributed by atoms with Crippen molar-refractivity contribution in [2.45, 2.75) is 0 Å². The number of anilines is 1. The molecular formula is C28H24N2O3. The van der Waals surface area contributed by atoms with Gasteiger partial charge in [-0.05, 0) is 48.6 Å². The SMILES string of the molecule is COc1cc(N(C)C)ccc1C=CC1=C/C(=C(\C#N)c2ccco2)C=C(c2ccccc2)O1. The summed E-state index contributed by atoms with van der Waals surface area (Å²) in [5, 5.41) is 9.83. The van der Waals surface area contributed by atoms with Crippen LogP contribution in [0.1, 0.15) is 16.9 Å². The molecule has 0 radical (unpaired) electrons. The zero-order valence-corrected chi connectivity index (χ0v) is 18.8. The topological polar surface area (TPSA) is 58.6 Å². The Bertz CT molecular complexity index is 1290. The van der Waals surface area contributed by atoms with Crippen molar-refractivity contribution in [1.29, 1.82) is 5.26 Å². The zero-order chi connectivity index (χ0) is 23.2. The Morgan fingerprint density at radius 2 is 1.82 bits per heavy atom. The van der Waals surface area contributed by atoms with Gasteiger partial charge in [-0.15, -0.1) is 0 Å². The van der Waals surface area contributed by atoms with Crippen molar-refractivity contribution in [3.8, 4) is 11.8 Å². The summed E-state index contributed by atoms with van der Waals surface area (Å²) in [5.41, 5.74) is 4.04. The Morgan fingerprint density at radius 1 is 1.00 bits per heavy atom. The highest BCUT2D eigenvalue weighted by Crippen LogP contribution is 2.33. The van der Waals surface area contributed by atoms with Crippen LogP contribution < -0.4 is 9.64 Å². The first-order valence-electron chi connectivity index (χ1n) is 10.5. The monoisotopic (exact) mass is 436 g/mol. The number of furan rings is 1. The molecule has 1 aromatic heterocycles. The number of benzene rings is 2. The van der Waals surface area contributed by atoms with Crippen molar-refractivity contribution in [2.24, 2.45) is 0 Å². The van der Waals surface area contributed by atoms with Gasteiger partial charge in [-0.25, -0.2) is 0 Å². The zero-order valence-electron chi connectivity index (χ0n) is 18.8. The van der Waals surface area contributed by atoms with E-state index in [2.05, 4.69) is 6.07 Å². The Kier molecular flexibility index (Phi) is 6.47. The Morgan fingerprint density at radius 3 is 2.48 bits per heavy atom. The lowest BCUT2D eigenvalue weighted by Gasteiger charge is -2.18. The summed E-state index contributed by atoms with van der Waals surface area (Å²) in [7, 11) is 5.63. The predicted octanol–water partition coefficient (Wildman–Crippen LogP) is 6.30. The van der Waals surface area contributed by atoms with Gasteiger partial charge in [-0.1, -0.05) is 30.3 Å². The molecule has 33 heavy (non-hydrogen) atoms. The molecule has 0 aliphatic carbocycles. The van der Waals surface area contributed by atoms with E-state index in [1.54, 1.807) is 25.5 Å². The maximum absolute atomic E-state index is 9.83. The molecule has 1 aliphatic rings. The van der Waals surface area contributed by atoms with Crippen LogP contribution in [0.5, 0.6) is 5.75 Å². The van der Waals surface area contributed by atoms with Crippen LogP contribution in [0.2, 0.25) is 0 Å². The summed E-state index contributed by atoms with van der Waals surface area (Å²) < 4.78 is 17.2. The van der Waals surface area contributed by atoms with E-state index in [1.165, 1.54) is 0 Å². The number of methoxy groups -OCH3 is 1. The molecule has 2 aromatic carbocycles. The first-order chi connectivity index (χ1) is 16.1. The Labute approximate surface area is 193 Å². The number of hydrogen-bond acceptors (Lipinski definition) is 5. The van der Waals surface area contributed by atoms with E-state index in [9.17, 15) is 5.26 Å². The minimum Gasteiger partial charge on any atom is -0.496 e. The standard InChI is InChI=1S/C28H24N2O3/c1-30(2)23-13-11-21(27(18-23)31-3)12-14-24-16-22(25(19-29)26-10-7-15-32-26)17-28(33-24)20-8-5-4-6-9-20/h4-18H,1-3H3/b14-12?,25-22-. The number of ether oxygens (including phenoxy) is 2. The number of rotatable bonds is 6. The van der Waals surface area contributed by atoms with Crippen LogP contribution in [0, 0.1) is 11.3 Å². The van der Waals surface area contributed by atoms with E-state index in [4.69, 9.17) is 13.9 Å². The summed E-state index contributed by atoms with van der Waals surface area (Å²) in [6.45, 7) is 0. The molecular weight excluding hydrogens is 412 g/mol. The van der Waals surface area contributed by atoms with Crippen LogP contribution in [0.25, 0.3) is 17.4 Å². The van der Waals surface area contributed by atoms with Crippen molar-refractivity contribution >= 4 is 23.1 Å². The third-order valence-corrected chi connectivity index (χ3v) is 5.20. The van der Waals surface area contributed by atoms with E-state index < -0.39 is 0 Å². The van der Waals surface area contributed by atoms with E-state index in [-0.39, 0.29) is 0 Å². The molecule has 0 saturated carbocycles. The molecule has 0 N–H and O–H groups in total. The third-order valence-electron chi connectivity index (χ3n) is 5.20. The summed E-state index contributed by atoms with van der Waals surface area (Å²) >= 11 is 0. The molecule has 2 heterocycles. The molecule has 0 spiro atoms. The normalized spacial score (nSPS) is 14.7. The molecule has 164 valence electrons. The van der Waals surface area contributed by atoms with Gasteiger partial charge in [-0.3, -0.25) is 0 Å². The summed E-state index contributed by atoms with van der Waals surface area (Å²) in [6.07, 6.45) is 9.07. The molecule has 1 aliphatic heterocycles. The van der Waals surface area contributed by atoms with Gasteiger partial charge in [0.25, 0.3) is 0 Å². The van der Waals surface area contributed by atoms with Crippen LogP contribution in [0.15, 0.2) is 101 Å². The largest absolute Gasteiger partial charge is 0.496 e. The molecule has 3 aromatic rings. The van der Waals surface area contributed by atoms with E-state index in [1.807, 2.05) is 91.8 Å². The lowest BCUT2D eigenvalue weighted by Crippen LogP contribution is -2.08. The number of hydrogen-bond donors (Lipinski definition) is 0. The highest BCUT2D eigenvalue weighted by atomic mass is 16.5. The molecule has 4 rings (SSSR count). The Balaban J connectivity index is 1.75. The molecule has 0 saturated heterocycles. The molecule has 0 bridgehead atoms. The molecule has 5 heteroatoms. The average Bonchev–Trinajstić information content (AvgIpc) is 3.38. The van der Waals surface area contributed by atoms with Gasteiger partial charge < -0.3 is 18.8 Å². The smallest absolute Gasteiger partial charge is 0.145 e. The third kappa shape index (κ3) is 4.91. The first kappa shape index (κ1) is 21.8. The fourth-order valence-corrected chi connectivity index (χ4v) is 3.46. The number of allylic oxidation sites excluding steroid dienone is 5. The first-order valence-corrected chi connectivity index (χ1v) is 10.5. The molecule has 0 amide bonds. The van der Waals surface area contributed by atoms with Crippen molar-refractivity contribution in [3.63, 3.8) is 0 Å². The van der Waals surface area contributed by atoms with Crippen LogP contribution in [0.3, 0.4) is 0 Å². The number of nitrogens with zero attached hydrogens (tertiary/aromatic N) is 2. The molecule has 0 atom stereocenters. The van der Waals surface area contributed by atoms with Crippen molar-refractivity contribution in [3.05, 3.63) is 113 Å². The second-order valence-corrected chi connectivity index (χ2v) is 7.60. The van der Waals surface area contributed by atoms with E-state index >= 15 is 0 Å². The highest BCUT2D eigenvalue weighted by molar-refractivity contribution is 5.84. The lowest BCUT2D eigenvalue weighted by atomic mass is 10.0. The summed E-state index contributed by atoms with van der Waals surface area (Å²) in [6, 6.07) is 21.6. The van der Waals surface area contributed by atoms with Gasteiger partial charge >= 0.3 is 0 Å². The van der Waals surface area contributed by atoms with Crippen LogP contribution >= 0.6 is 0 Å². The Hall–Kier alpha value is -4.43. The van der Waals surface area contributed by atoms with E-state index in [0.717, 1.165) is 22.6 Å². The summed E-state index contributed by atoms with van der Waals surface area (Å²) in [4.78, 5) is 2.02. The van der Waals surface area contributed by atoms with Crippen molar-refractivity contribution in [1.82, 2.24) is 0 Å². The van der Waals surface area contributed by atoms with Crippen LogP contribution in [-0.4, -0.2) is 21.2 Å². The lowest BCUT2D eigenvalue weighted by molar-refractivity contribution is 0.396. The van der Waals surface area contributed by atoms with Gasteiger partial charge in [0.05, 0.1) is 13.4 Å². The van der Waals surface area contributed by atoms with Gasteiger partial charge in [0.1, 0.15) is 34.7 Å². The van der Waals surface area contributed by atoms with Gasteiger partial charge in [0.2, 0.25) is 0 Å². The van der Waals surface area contributed by atoms with E-state index in [0.29, 0.717) is 28.4 Å². The molecule has 0 unspecified atom stereocenters. The van der Waals surface area contributed by atoms with Crippen LogP contribution in [0.4, 0.5) is 5.69 Å². The fraction of sp³-hybridized carbons (Fsp3) is 0.107. The molecule has 0 fully saturated rings. The van der Waals surface area contributed by atoms with Gasteiger partial charge in [0.15, 0.2) is 0 Å². The van der Waals surface area contributed by atoms with Crippen LogP contribution in [-0.2, 0) is 4.74 Å². The van der Waals surface area contributed by atoms with Gasteiger partial charge in [-0.2, -0.15) is 5.26 Å². The summed E-state index contributed by atoms with van der Waals surface area (Å²) in [5.74, 6) is 2.53. The molecule has 5 nitrogen and oxygen atoms in total. The maximum atomic E-state index is 9.83. The quantitative estimate of drug-likeness (QED) is 0.425. The minimum absolute atomic E-state index is 0.440. The van der Waals surface area contributed by atoms with Crippen molar-refractivity contribution in [2.75, 3.05) is 26.1 Å². The van der Waals surface area contributed by atoms with Crippen molar-refractivity contribution < 1.29 is 13.9 Å². The minimum atomic E-state index is 0.440. The second kappa shape index (κ2) is 9.80. The maximum Gasteiger partial charge on any atom is 0.145 e. The van der Waals surface area contributed by atoms with Gasteiger partial charge in [0, 0.05) is 42.5 Å². The highest BCUT2D eigenvalue weighted by Gasteiger charge is 2.17. The number of nitriles is 1.